The van der Waals surface area contributed by atoms with Crippen molar-refractivity contribution in [3.05, 3.63) is 137 Å². The fourth-order valence-corrected chi connectivity index (χ4v) is 9.89. The number of para-hydroxylation sites is 1. The molecule has 0 saturated carbocycles. The largest absolute Gasteiger partial charge is 0.481 e. The molecule has 0 aliphatic carbocycles. The van der Waals surface area contributed by atoms with Crippen LogP contribution in [-0.2, 0) is 106 Å². The molecule has 1 aliphatic rings. The van der Waals surface area contributed by atoms with E-state index in [1.807, 2.05) is 37.2 Å². The summed E-state index contributed by atoms with van der Waals surface area (Å²) in [5.74, 6) is -17.4. The van der Waals surface area contributed by atoms with E-state index in [4.69, 9.17) is 5.73 Å². The van der Waals surface area contributed by atoms with Crippen LogP contribution in [0.1, 0.15) is 86.1 Å². The number of nitrogens with one attached hydrogen (secondary N) is 11. The van der Waals surface area contributed by atoms with Crippen molar-refractivity contribution in [2.24, 2.45) is 5.73 Å². The van der Waals surface area contributed by atoms with Gasteiger partial charge in [-0.1, -0.05) is 110 Å². The van der Waals surface area contributed by atoms with Gasteiger partial charge in [0.25, 0.3) is 0 Å². The first kappa shape index (κ1) is 80.6. The molecule has 1 heterocycles. The Morgan fingerprint density at radius 1 is 0.379 bits per heavy atom. The van der Waals surface area contributed by atoms with E-state index < -0.39 is 220 Å². The summed E-state index contributed by atoms with van der Waals surface area (Å²) in [5, 5.41) is 71.9. The summed E-state index contributed by atoms with van der Waals surface area (Å²) in [6, 6.07) is 15.4. The average Bonchev–Trinajstić information content (AvgIpc) is 0.806. The van der Waals surface area contributed by atoms with Crippen LogP contribution in [0, 0.1) is 11.8 Å². The van der Waals surface area contributed by atoms with Gasteiger partial charge in [-0.3, -0.25) is 86.3 Å². The number of anilines is 1. The predicted molar refractivity (Wildman–Crippen MR) is 355 cm³/mol. The lowest BCUT2D eigenvalue weighted by molar-refractivity contribution is -0.144. The Hall–Kier alpha value is -13.1. The fraction of sp³-hybridized carbons (Fsp3) is 0.343. The molecule has 0 bridgehead atoms. The number of amides is 13. The summed E-state index contributed by atoms with van der Waals surface area (Å²) in [6.45, 7) is -1.37. The Morgan fingerprint density at radius 2 is 0.718 bits per heavy atom. The van der Waals surface area contributed by atoms with Crippen LogP contribution in [0.4, 0.5) is 5.69 Å². The Bertz CT molecular complexity index is 3940. The van der Waals surface area contributed by atoms with Gasteiger partial charge in [0.1, 0.15) is 48.3 Å². The van der Waals surface area contributed by atoms with E-state index in [1.54, 1.807) is 116 Å². The second-order valence-corrected chi connectivity index (χ2v) is 23.0. The summed E-state index contributed by atoms with van der Waals surface area (Å²) in [7, 11) is 0. The molecular weight excluding hydrogens is 1350 g/mol. The minimum atomic E-state index is -2.26. The quantitative estimate of drug-likeness (QED) is 0.0187. The third-order valence-corrected chi connectivity index (χ3v) is 15.1. The highest BCUT2D eigenvalue weighted by Gasteiger charge is 2.37. The van der Waals surface area contributed by atoms with E-state index in [1.165, 1.54) is 4.90 Å². The van der Waals surface area contributed by atoms with Crippen LogP contribution in [0.25, 0.3) is 0 Å². The molecule has 0 spiro atoms. The standard InChI is InChI=1S/C67H75N13O23/c1-2-41(60(68)96)74-62(98)42(25-36-13-5-3-6-14-36)75-63(99)43(26-37-15-7-4-8-16-37)76-66(102)47(30-58(92)93)79-67(103)48(31-59(94)95)78-65(101)46(29-57(90)91)73-53(84)34-70-51(82)32-69-52(83)33-71-61(97)44(27-55(86)87)77-64(100)45(28-56(88)89)72-50(81)23-24-54(85)80-35-40-19-10-9-17-38(40)21-22-39-18-11-12-20-49(39)80/h3-20,41-48H,2,23-35H2,1H3,(H2,68,96)(H,69,83)(H,70,82)(H,71,97)(H,72,81)(H,73,84)(H,74,98)(H,75,99)(H,76,102)(H,77,100)(H,78,101)(H,79,103)(H,86,87)(H,88,89)(H,90,91)(H,92,93)(H,94,95). The smallest absolute Gasteiger partial charge is 0.305 e. The zero-order valence-corrected chi connectivity index (χ0v) is 55.0. The molecule has 18 N–H and O–H groups in total. The van der Waals surface area contributed by atoms with Gasteiger partial charge in [0.05, 0.1) is 64.0 Å². The second kappa shape index (κ2) is 40.1. The number of rotatable bonds is 40. The summed E-state index contributed by atoms with van der Waals surface area (Å²) in [4.78, 5) is 234. The maximum absolute atomic E-state index is 14.2. The first-order valence-corrected chi connectivity index (χ1v) is 31.6. The van der Waals surface area contributed by atoms with Gasteiger partial charge >= 0.3 is 29.8 Å². The van der Waals surface area contributed by atoms with Gasteiger partial charge in [-0.05, 0) is 41.3 Å². The van der Waals surface area contributed by atoms with Gasteiger partial charge in [-0.15, -0.1) is 0 Å². The first-order chi connectivity index (χ1) is 48.9. The Kier molecular flexibility index (Phi) is 31.4. The van der Waals surface area contributed by atoms with Crippen molar-refractivity contribution in [2.45, 2.75) is 126 Å². The van der Waals surface area contributed by atoms with Crippen molar-refractivity contribution in [3.8, 4) is 11.8 Å². The number of primary amides is 1. The van der Waals surface area contributed by atoms with Crippen LogP contribution >= 0.6 is 0 Å². The number of fused-ring (bicyclic) bond motifs is 2. The number of carboxylic acids is 5. The van der Waals surface area contributed by atoms with Crippen molar-refractivity contribution in [3.63, 3.8) is 0 Å². The van der Waals surface area contributed by atoms with Crippen LogP contribution in [0.2, 0.25) is 0 Å². The van der Waals surface area contributed by atoms with Gasteiger partial charge in [0.15, 0.2) is 0 Å². The number of benzene rings is 4. The Balaban J connectivity index is 1.15. The van der Waals surface area contributed by atoms with Gasteiger partial charge in [-0.25, -0.2) is 0 Å². The summed E-state index contributed by atoms with van der Waals surface area (Å²) in [5.41, 5.74) is 8.77. The molecule has 4 aromatic rings. The molecule has 36 nitrogen and oxygen atoms in total. The fourth-order valence-electron chi connectivity index (χ4n) is 9.89. The number of nitrogens with zero attached hydrogens (tertiary/aromatic N) is 1. The zero-order chi connectivity index (χ0) is 75.9. The van der Waals surface area contributed by atoms with E-state index in [-0.39, 0.29) is 25.8 Å². The number of hydrogen-bond donors (Lipinski definition) is 17. The van der Waals surface area contributed by atoms with Crippen LogP contribution in [0.3, 0.4) is 0 Å². The van der Waals surface area contributed by atoms with Crippen LogP contribution in [-0.4, -0.2) is 200 Å². The molecule has 5 rings (SSSR count). The molecule has 1 aliphatic heterocycles. The lowest BCUT2D eigenvalue weighted by atomic mass is 10.0. The van der Waals surface area contributed by atoms with Crippen LogP contribution in [0.5, 0.6) is 0 Å². The van der Waals surface area contributed by atoms with Gasteiger partial charge in [0.2, 0.25) is 76.8 Å². The summed E-state index contributed by atoms with van der Waals surface area (Å²) in [6.07, 6.45) is -7.43. The number of hydrogen-bond acceptors (Lipinski definition) is 18. The number of aliphatic carboxylic acids is 5. The molecule has 8 unspecified atom stereocenters. The normalized spacial score (nSPS) is 13.4. The highest BCUT2D eigenvalue weighted by atomic mass is 16.4. The van der Waals surface area contributed by atoms with Crippen LogP contribution < -0.4 is 69.1 Å². The third kappa shape index (κ3) is 27.6. The lowest BCUT2D eigenvalue weighted by Crippen LogP contribution is -2.60. The molecule has 546 valence electrons. The highest BCUT2D eigenvalue weighted by molar-refractivity contribution is 6.02. The van der Waals surface area contributed by atoms with Crippen molar-refractivity contribution < 1.29 is 112 Å². The Morgan fingerprint density at radius 3 is 1.16 bits per heavy atom. The van der Waals surface area contributed by atoms with Crippen molar-refractivity contribution in [1.82, 2.24) is 58.5 Å². The second-order valence-electron chi connectivity index (χ2n) is 23.0. The summed E-state index contributed by atoms with van der Waals surface area (Å²) < 4.78 is 0. The molecule has 8 atom stereocenters. The maximum atomic E-state index is 14.2. The van der Waals surface area contributed by atoms with Gasteiger partial charge in [-0.2, -0.15) is 0 Å². The molecule has 0 aromatic heterocycles. The van der Waals surface area contributed by atoms with E-state index in [0.29, 0.717) is 33.5 Å². The van der Waals surface area contributed by atoms with Crippen molar-refractivity contribution in [1.29, 1.82) is 0 Å². The number of carbonyl (C=O) groups is 18. The maximum Gasteiger partial charge on any atom is 0.305 e. The monoisotopic (exact) mass is 1430 g/mol. The molecule has 13 amide bonds. The van der Waals surface area contributed by atoms with Gasteiger partial charge in [0, 0.05) is 36.8 Å². The Labute approximate surface area is 585 Å². The van der Waals surface area contributed by atoms with Crippen LogP contribution in [0.15, 0.2) is 109 Å². The van der Waals surface area contributed by atoms with Crippen molar-refractivity contribution >= 4 is 112 Å². The third-order valence-electron chi connectivity index (χ3n) is 15.1. The molecule has 4 aromatic carbocycles. The number of nitrogens with two attached hydrogens (primary N) is 1. The van der Waals surface area contributed by atoms with E-state index in [2.05, 4.69) is 33.1 Å². The summed E-state index contributed by atoms with van der Waals surface area (Å²) >= 11 is 0. The molecule has 0 radical (unpaired) electrons. The minimum Gasteiger partial charge on any atom is -0.481 e. The van der Waals surface area contributed by atoms with E-state index in [9.17, 15) is 112 Å². The molecular formula is C67H75N13O23. The highest BCUT2D eigenvalue weighted by Crippen LogP contribution is 2.26. The SMILES string of the molecule is CCC(NC(=O)C(Cc1ccccc1)NC(=O)C(Cc1ccccc1)NC(=O)C(CC(=O)O)NC(=O)C(CC(=O)O)NC(=O)C(CC(=O)O)NC(=O)CNC(=O)CNC(=O)CNC(=O)C(CC(=O)O)NC(=O)C(CC(=O)O)NC(=O)CCC(=O)N1Cc2ccccc2C#Cc2ccccc21)C(N)=O. The lowest BCUT2D eigenvalue weighted by Gasteiger charge is -2.27. The predicted octanol–water partition coefficient (Wildman–Crippen LogP) is -4.31. The molecule has 36 heteroatoms. The molecule has 0 saturated heterocycles. The van der Waals surface area contributed by atoms with Crippen molar-refractivity contribution in [2.75, 3.05) is 24.5 Å². The van der Waals surface area contributed by atoms with E-state index >= 15 is 0 Å². The number of carboxylic acid groups (broad SMARTS) is 5. The first-order valence-electron chi connectivity index (χ1n) is 31.6. The average molecular weight is 1430 g/mol. The topological polar surface area (TPSA) is 570 Å². The van der Waals surface area contributed by atoms with Gasteiger partial charge < -0.3 is 94.7 Å². The molecule has 0 fully saturated rings. The number of carbonyl (C=O) groups excluding carboxylic acids is 13. The zero-order valence-electron chi connectivity index (χ0n) is 55.0. The van der Waals surface area contributed by atoms with E-state index in [0.717, 1.165) is 0 Å². The minimum absolute atomic E-state index is 0.0762. The molecule has 103 heavy (non-hydrogen) atoms.